The van der Waals surface area contributed by atoms with Crippen molar-refractivity contribution in [1.29, 1.82) is 0 Å². The van der Waals surface area contributed by atoms with Crippen LogP contribution in [0.4, 0.5) is 5.69 Å². The number of anilines is 1. The average Bonchev–Trinajstić information content (AvgIpc) is 2.80. The first kappa shape index (κ1) is 14.3. The first-order valence-electron chi connectivity index (χ1n) is 7.26. The van der Waals surface area contributed by atoms with Gasteiger partial charge in [-0.2, -0.15) is 5.10 Å². The summed E-state index contributed by atoms with van der Waals surface area (Å²) in [7, 11) is 1.93. The number of aromatic nitrogens is 3. The molecular formula is C15H21N5S. The summed E-state index contributed by atoms with van der Waals surface area (Å²) in [5.74, 6) is 0. The molecule has 0 N–H and O–H groups in total. The normalized spacial score (nSPS) is 16.4. The molecule has 1 fully saturated rings. The molecule has 1 aromatic heterocycles. The molecule has 1 aromatic carbocycles. The zero-order chi connectivity index (χ0) is 14.8. The van der Waals surface area contributed by atoms with Crippen LogP contribution in [0.25, 0.3) is 0 Å². The Bertz CT molecular complexity index is 667. The number of rotatable bonds is 3. The Hall–Kier alpha value is -1.66. The Morgan fingerprint density at radius 3 is 2.57 bits per heavy atom. The summed E-state index contributed by atoms with van der Waals surface area (Å²) in [6, 6.07) is 8.72. The molecule has 0 saturated carbocycles. The van der Waals surface area contributed by atoms with Gasteiger partial charge in [0.15, 0.2) is 4.77 Å². The lowest BCUT2D eigenvalue weighted by molar-refractivity contribution is 0.194. The number of benzene rings is 1. The van der Waals surface area contributed by atoms with Gasteiger partial charge in [0, 0.05) is 38.9 Å². The average molecular weight is 303 g/mol. The lowest BCUT2D eigenvalue weighted by Crippen LogP contribution is -2.47. The molecule has 0 unspecified atom stereocenters. The van der Waals surface area contributed by atoms with E-state index in [0.29, 0.717) is 0 Å². The Morgan fingerprint density at radius 2 is 1.95 bits per heavy atom. The van der Waals surface area contributed by atoms with Crippen molar-refractivity contribution in [3.63, 3.8) is 0 Å². The minimum Gasteiger partial charge on any atom is -0.369 e. The molecule has 0 bridgehead atoms. The molecule has 5 nitrogen and oxygen atoms in total. The predicted molar refractivity (Wildman–Crippen MR) is 87.0 cm³/mol. The second-order valence-electron chi connectivity index (χ2n) is 5.61. The highest BCUT2D eigenvalue weighted by molar-refractivity contribution is 7.71. The molecular weight excluding hydrogens is 282 g/mol. The summed E-state index contributed by atoms with van der Waals surface area (Å²) >= 11 is 5.34. The van der Waals surface area contributed by atoms with Crippen molar-refractivity contribution >= 4 is 17.9 Å². The van der Waals surface area contributed by atoms with Gasteiger partial charge in [0.1, 0.15) is 6.33 Å². The van der Waals surface area contributed by atoms with Crippen LogP contribution >= 0.6 is 12.2 Å². The number of aryl methyl sites for hydroxylation is 2. The third-order valence-electron chi connectivity index (χ3n) is 3.96. The first-order chi connectivity index (χ1) is 10.1. The van der Waals surface area contributed by atoms with Crippen LogP contribution in [-0.4, -0.2) is 45.4 Å². The largest absolute Gasteiger partial charge is 0.369 e. The fourth-order valence-corrected chi connectivity index (χ4v) is 2.83. The van der Waals surface area contributed by atoms with Crippen molar-refractivity contribution in [2.24, 2.45) is 7.05 Å². The van der Waals surface area contributed by atoms with Gasteiger partial charge in [-0.3, -0.25) is 4.90 Å². The SMILES string of the molecule is Cc1cccc(N2CCN(Cn3ncn(C)c3=S)CC2)c1. The maximum atomic E-state index is 5.34. The maximum absolute atomic E-state index is 5.34. The summed E-state index contributed by atoms with van der Waals surface area (Å²) in [4.78, 5) is 4.84. The van der Waals surface area contributed by atoms with Gasteiger partial charge in [-0.1, -0.05) is 12.1 Å². The fraction of sp³-hybridized carbons (Fsp3) is 0.467. The van der Waals surface area contributed by atoms with Crippen molar-refractivity contribution in [2.75, 3.05) is 31.1 Å². The van der Waals surface area contributed by atoms with Crippen molar-refractivity contribution in [2.45, 2.75) is 13.6 Å². The maximum Gasteiger partial charge on any atom is 0.198 e. The van der Waals surface area contributed by atoms with E-state index in [1.54, 1.807) is 6.33 Å². The van der Waals surface area contributed by atoms with Gasteiger partial charge >= 0.3 is 0 Å². The smallest absolute Gasteiger partial charge is 0.198 e. The van der Waals surface area contributed by atoms with Crippen LogP contribution < -0.4 is 4.90 Å². The van der Waals surface area contributed by atoms with Crippen LogP contribution in [-0.2, 0) is 13.7 Å². The van der Waals surface area contributed by atoms with E-state index in [1.165, 1.54) is 11.3 Å². The fourth-order valence-electron chi connectivity index (χ4n) is 2.68. The van der Waals surface area contributed by atoms with E-state index >= 15 is 0 Å². The minimum absolute atomic E-state index is 0.774. The molecule has 0 amide bonds. The van der Waals surface area contributed by atoms with Gasteiger partial charge in [-0.05, 0) is 36.8 Å². The van der Waals surface area contributed by atoms with E-state index in [-0.39, 0.29) is 0 Å². The second kappa shape index (κ2) is 5.99. The standard InChI is InChI=1S/C15H21N5S/c1-13-4-3-5-14(10-13)19-8-6-18(7-9-19)12-20-15(21)17(2)11-16-20/h3-5,10-11H,6-9,12H2,1-2H3. The number of hydrogen-bond donors (Lipinski definition) is 0. The Balaban J connectivity index is 1.60. The van der Waals surface area contributed by atoms with Gasteiger partial charge in [0.2, 0.25) is 0 Å². The quantitative estimate of drug-likeness (QED) is 0.812. The lowest BCUT2D eigenvalue weighted by Gasteiger charge is -2.36. The van der Waals surface area contributed by atoms with Crippen molar-refractivity contribution < 1.29 is 0 Å². The van der Waals surface area contributed by atoms with Crippen LogP contribution in [0.3, 0.4) is 0 Å². The molecule has 0 radical (unpaired) electrons. The van der Waals surface area contributed by atoms with Gasteiger partial charge in [0.25, 0.3) is 0 Å². The summed E-state index contributed by atoms with van der Waals surface area (Å²) in [6.07, 6.45) is 1.77. The highest BCUT2D eigenvalue weighted by atomic mass is 32.1. The predicted octanol–water partition coefficient (Wildman–Crippen LogP) is 2.04. The molecule has 2 heterocycles. The summed E-state index contributed by atoms with van der Waals surface area (Å²) in [5.41, 5.74) is 2.64. The summed E-state index contributed by atoms with van der Waals surface area (Å²) in [5, 5.41) is 4.32. The van der Waals surface area contributed by atoms with Gasteiger partial charge in [-0.25, -0.2) is 4.68 Å². The molecule has 0 aliphatic carbocycles. The second-order valence-corrected chi connectivity index (χ2v) is 5.97. The molecule has 6 heteroatoms. The highest BCUT2D eigenvalue weighted by Crippen LogP contribution is 2.17. The van der Waals surface area contributed by atoms with Crippen molar-refractivity contribution in [3.05, 3.63) is 40.9 Å². The van der Waals surface area contributed by atoms with Gasteiger partial charge in [-0.15, -0.1) is 0 Å². The monoisotopic (exact) mass is 303 g/mol. The molecule has 1 aliphatic heterocycles. The molecule has 2 aromatic rings. The van der Waals surface area contributed by atoms with Crippen molar-refractivity contribution in [3.8, 4) is 0 Å². The van der Waals surface area contributed by atoms with Crippen molar-refractivity contribution in [1.82, 2.24) is 19.2 Å². The van der Waals surface area contributed by atoms with Crippen LogP contribution in [0.15, 0.2) is 30.6 Å². The first-order valence-corrected chi connectivity index (χ1v) is 7.67. The number of hydrogen-bond acceptors (Lipinski definition) is 4. The van der Waals surface area contributed by atoms with E-state index in [1.807, 2.05) is 16.3 Å². The van der Waals surface area contributed by atoms with Crippen LogP contribution in [0.5, 0.6) is 0 Å². The lowest BCUT2D eigenvalue weighted by atomic mass is 10.2. The Labute approximate surface area is 130 Å². The topological polar surface area (TPSA) is 29.2 Å². The Morgan fingerprint density at radius 1 is 1.19 bits per heavy atom. The zero-order valence-electron chi connectivity index (χ0n) is 12.6. The molecule has 21 heavy (non-hydrogen) atoms. The van der Waals surface area contributed by atoms with Crippen LogP contribution in [0.2, 0.25) is 0 Å². The molecule has 112 valence electrons. The highest BCUT2D eigenvalue weighted by Gasteiger charge is 2.18. The minimum atomic E-state index is 0.774. The molecule has 1 aliphatic rings. The Kier molecular flexibility index (Phi) is 4.07. The van der Waals surface area contributed by atoms with E-state index < -0.39 is 0 Å². The number of piperazine rings is 1. The molecule has 0 spiro atoms. The van der Waals surface area contributed by atoms with Gasteiger partial charge in [0.05, 0.1) is 6.67 Å². The molecule has 0 atom stereocenters. The van der Waals surface area contributed by atoms with Gasteiger partial charge < -0.3 is 9.47 Å². The third kappa shape index (κ3) is 3.16. The third-order valence-corrected chi connectivity index (χ3v) is 4.46. The van der Waals surface area contributed by atoms with Crippen LogP contribution in [0.1, 0.15) is 5.56 Å². The summed E-state index contributed by atoms with van der Waals surface area (Å²) < 4.78 is 4.53. The zero-order valence-corrected chi connectivity index (χ0v) is 13.4. The van der Waals surface area contributed by atoms with E-state index in [9.17, 15) is 0 Å². The summed E-state index contributed by atoms with van der Waals surface area (Å²) in [6.45, 7) is 7.08. The number of nitrogens with zero attached hydrogens (tertiary/aromatic N) is 5. The van der Waals surface area contributed by atoms with E-state index in [0.717, 1.165) is 37.6 Å². The molecule has 3 rings (SSSR count). The van der Waals surface area contributed by atoms with E-state index in [2.05, 4.69) is 46.1 Å². The van der Waals surface area contributed by atoms with Crippen LogP contribution in [0, 0.1) is 11.7 Å². The van der Waals surface area contributed by atoms with E-state index in [4.69, 9.17) is 12.2 Å². The molecule has 1 saturated heterocycles.